The van der Waals surface area contributed by atoms with E-state index in [9.17, 15) is 5.11 Å². The van der Waals surface area contributed by atoms with Gasteiger partial charge in [0, 0.05) is 12.2 Å². The number of aliphatic hydroxyl groups is 1. The molecule has 0 bridgehead atoms. The summed E-state index contributed by atoms with van der Waals surface area (Å²) in [5.41, 5.74) is 6.90. The summed E-state index contributed by atoms with van der Waals surface area (Å²) in [6, 6.07) is 3.20. The maximum Gasteiger partial charge on any atom is 0.0756 e. The normalized spacial score (nSPS) is 20.6. The Balaban J connectivity index is 2.38. The van der Waals surface area contributed by atoms with Crippen molar-refractivity contribution in [3.05, 3.63) is 22.2 Å². The van der Waals surface area contributed by atoms with Gasteiger partial charge in [0.15, 0.2) is 0 Å². The van der Waals surface area contributed by atoms with Gasteiger partial charge in [-0.25, -0.2) is 0 Å². The summed E-state index contributed by atoms with van der Waals surface area (Å²) >= 11 is 12.3. The molecule has 1 atom stereocenters. The Morgan fingerprint density at radius 1 is 1.41 bits per heavy atom. The van der Waals surface area contributed by atoms with Crippen molar-refractivity contribution in [2.75, 3.05) is 37.0 Å². The van der Waals surface area contributed by atoms with Crippen molar-refractivity contribution in [2.24, 2.45) is 0 Å². The zero-order valence-corrected chi connectivity index (χ0v) is 10.7. The van der Waals surface area contributed by atoms with Crippen LogP contribution in [0.3, 0.4) is 0 Å². The van der Waals surface area contributed by atoms with Gasteiger partial charge < -0.3 is 20.5 Å². The van der Waals surface area contributed by atoms with Crippen LogP contribution in [0.1, 0.15) is 0 Å². The molecule has 0 aromatic heterocycles. The molecule has 0 aliphatic carbocycles. The average molecular weight is 277 g/mol. The molecule has 1 aliphatic heterocycles. The van der Waals surface area contributed by atoms with Gasteiger partial charge in [0.2, 0.25) is 0 Å². The number of halogens is 2. The minimum atomic E-state index is -0.123. The number of ether oxygens (including phenoxy) is 1. The fourth-order valence-corrected chi connectivity index (χ4v) is 2.68. The first-order valence-corrected chi connectivity index (χ1v) is 6.09. The first-order valence-electron chi connectivity index (χ1n) is 5.33. The summed E-state index contributed by atoms with van der Waals surface area (Å²) < 4.78 is 5.32. The van der Waals surface area contributed by atoms with E-state index in [0.717, 1.165) is 0 Å². The van der Waals surface area contributed by atoms with Gasteiger partial charge >= 0.3 is 0 Å². The minimum Gasteiger partial charge on any atom is -0.399 e. The highest BCUT2D eigenvalue weighted by Gasteiger charge is 2.26. The van der Waals surface area contributed by atoms with Crippen LogP contribution >= 0.6 is 23.2 Å². The smallest absolute Gasteiger partial charge is 0.0756 e. The Bertz CT molecular complexity index is 391. The molecule has 1 saturated heterocycles. The molecule has 3 N–H and O–H groups in total. The topological polar surface area (TPSA) is 58.7 Å². The van der Waals surface area contributed by atoms with E-state index in [1.807, 2.05) is 4.90 Å². The van der Waals surface area contributed by atoms with Gasteiger partial charge in [0.05, 0.1) is 41.6 Å². The first kappa shape index (κ1) is 12.8. The van der Waals surface area contributed by atoms with E-state index in [2.05, 4.69) is 0 Å². The Hall–Kier alpha value is -0.680. The van der Waals surface area contributed by atoms with Gasteiger partial charge in [0.25, 0.3) is 0 Å². The number of aliphatic hydroxyl groups excluding tert-OH is 1. The van der Waals surface area contributed by atoms with E-state index >= 15 is 0 Å². The van der Waals surface area contributed by atoms with Crippen LogP contribution in [-0.2, 0) is 4.74 Å². The molecule has 1 heterocycles. The van der Waals surface area contributed by atoms with Crippen LogP contribution in [0.5, 0.6) is 0 Å². The third-order valence-electron chi connectivity index (χ3n) is 2.76. The Morgan fingerprint density at radius 2 is 2.06 bits per heavy atom. The van der Waals surface area contributed by atoms with Gasteiger partial charge in [-0.05, 0) is 12.1 Å². The Kier molecular flexibility index (Phi) is 3.99. The van der Waals surface area contributed by atoms with E-state index in [1.54, 1.807) is 12.1 Å². The number of nitrogens with two attached hydrogens (primary N) is 1. The van der Waals surface area contributed by atoms with Crippen LogP contribution in [-0.4, -0.2) is 37.5 Å². The summed E-state index contributed by atoms with van der Waals surface area (Å²) in [6.07, 6.45) is 0. The van der Waals surface area contributed by atoms with Crippen molar-refractivity contribution in [3.63, 3.8) is 0 Å². The van der Waals surface area contributed by atoms with Crippen molar-refractivity contribution >= 4 is 34.6 Å². The van der Waals surface area contributed by atoms with E-state index < -0.39 is 0 Å². The van der Waals surface area contributed by atoms with Crippen molar-refractivity contribution < 1.29 is 9.84 Å². The molecule has 1 aromatic rings. The number of hydrogen-bond donors (Lipinski definition) is 2. The van der Waals surface area contributed by atoms with Crippen molar-refractivity contribution in [1.29, 1.82) is 0 Å². The second-order valence-electron chi connectivity index (χ2n) is 3.94. The van der Waals surface area contributed by atoms with Gasteiger partial charge in [-0.3, -0.25) is 0 Å². The van der Waals surface area contributed by atoms with Crippen LogP contribution in [0.2, 0.25) is 10.0 Å². The lowest BCUT2D eigenvalue weighted by atomic mass is 10.2. The number of nitrogen functional groups attached to an aromatic ring is 1. The second-order valence-corrected chi connectivity index (χ2v) is 4.75. The number of rotatable bonds is 2. The molecule has 1 unspecified atom stereocenters. The lowest BCUT2D eigenvalue weighted by Crippen LogP contribution is -2.47. The molecule has 1 aliphatic rings. The molecule has 17 heavy (non-hydrogen) atoms. The first-order chi connectivity index (χ1) is 8.13. The molecule has 1 aromatic carbocycles. The fraction of sp³-hybridized carbons (Fsp3) is 0.455. The predicted octanol–water partition coefficient (Wildman–Crippen LogP) is 1.77. The van der Waals surface area contributed by atoms with E-state index in [1.165, 1.54) is 0 Å². The van der Waals surface area contributed by atoms with Gasteiger partial charge in [-0.1, -0.05) is 23.2 Å². The highest BCUT2D eigenvalue weighted by atomic mass is 35.5. The summed E-state index contributed by atoms with van der Waals surface area (Å²) in [5.74, 6) is 0. The highest BCUT2D eigenvalue weighted by molar-refractivity contribution is 6.39. The van der Waals surface area contributed by atoms with Crippen molar-refractivity contribution in [2.45, 2.75) is 6.04 Å². The fourth-order valence-electron chi connectivity index (χ4n) is 1.96. The van der Waals surface area contributed by atoms with Gasteiger partial charge in [0.1, 0.15) is 0 Å². The SMILES string of the molecule is Nc1cc(Cl)c(N2CCOCC2CO)c(Cl)c1. The number of anilines is 2. The Labute approximate surface area is 110 Å². The molecule has 0 amide bonds. The van der Waals surface area contributed by atoms with Crippen LogP contribution in [0.15, 0.2) is 12.1 Å². The molecule has 6 heteroatoms. The van der Waals surface area contributed by atoms with Crippen LogP contribution in [0, 0.1) is 0 Å². The zero-order valence-electron chi connectivity index (χ0n) is 9.20. The molecule has 0 saturated carbocycles. The van der Waals surface area contributed by atoms with E-state index in [4.69, 9.17) is 33.7 Å². The molecular weight excluding hydrogens is 263 g/mol. The molecule has 0 radical (unpaired) electrons. The third-order valence-corrected chi connectivity index (χ3v) is 3.34. The van der Waals surface area contributed by atoms with Crippen LogP contribution in [0.4, 0.5) is 11.4 Å². The number of benzene rings is 1. The number of nitrogens with zero attached hydrogens (tertiary/aromatic N) is 1. The second kappa shape index (κ2) is 5.31. The van der Waals surface area contributed by atoms with Gasteiger partial charge in [-0.15, -0.1) is 0 Å². The predicted molar refractivity (Wildman–Crippen MR) is 69.9 cm³/mol. The quantitative estimate of drug-likeness (QED) is 0.809. The number of morpholine rings is 1. The molecule has 1 fully saturated rings. The highest BCUT2D eigenvalue weighted by Crippen LogP contribution is 2.37. The summed E-state index contributed by atoms with van der Waals surface area (Å²) in [4.78, 5) is 1.97. The zero-order chi connectivity index (χ0) is 12.4. The molecule has 2 rings (SSSR count). The lowest BCUT2D eigenvalue weighted by Gasteiger charge is -2.37. The minimum absolute atomic E-state index is 0.00294. The van der Waals surface area contributed by atoms with E-state index in [-0.39, 0.29) is 12.6 Å². The van der Waals surface area contributed by atoms with Crippen LogP contribution < -0.4 is 10.6 Å². The molecule has 4 nitrogen and oxygen atoms in total. The summed E-state index contributed by atoms with van der Waals surface area (Å²) in [5, 5.41) is 10.3. The van der Waals surface area contributed by atoms with Crippen molar-refractivity contribution in [3.8, 4) is 0 Å². The number of hydrogen-bond acceptors (Lipinski definition) is 4. The van der Waals surface area contributed by atoms with Gasteiger partial charge in [-0.2, -0.15) is 0 Å². The average Bonchev–Trinajstić information content (AvgIpc) is 2.28. The molecular formula is C11H14Cl2N2O2. The standard InChI is InChI=1S/C11H14Cl2N2O2/c12-9-3-7(14)4-10(13)11(9)15-1-2-17-6-8(15)5-16/h3-4,8,16H,1-2,5-6,14H2. The summed E-state index contributed by atoms with van der Waals surface area (Å²) in [7, 11) is 0. The van der Waals surface area contributed by atoms with Crippen molar-refractivity contribution in [1.82, 2.24) is 0 Å². The maximum absolute atomic E-state index is 9.33. The third kappa shape index (κ3) is 2.60. The largest absolute Gasteiger partial charge is 0.399 e. The lowest BCUT2D eigenvalue weighted by molar-refractivity contribution is 0.0727. The monoisotopic (exact) mass is 276 g/mol. The Morgan fingerprint density at radius 3 is 2.65 bits per heavy atom. The maximum atomic E-state index is 9.33. The molecule has 0 spiro atoms. The summed E-state index contributed by atoms with van der Waals surface area (Å²) in [6.45, 7) is 1.70. The van der Waals surface area contributed by atoms with Crippen LogP contribution in [0.25, 0.3) is 0 Å². The molecule has 94 valence electrons. The van der Waals surface area contributed by atoms with E-state index in [0.29, 0.717) is 41.2 Å².